The van der Waals surface area contributed by atoms with E-state index >= 15 is 0 Å². The van der Waals surface area contributed by atoms with Crippen molar-refractivity contribution in [3.05, 3.63) is 23.6 Å². The number of morpholine rings is 1. The summed E-state index contributed by atoms with van der Waals surface area (Å²) >= 11 is 0. The van der Waals surface area contributed by atoms with Gasteiger partial charge in [0.1, 0.15) is 0 Å². The van der Waals surface area contributed by atoms with Gasteiger partial charge in [0, 0.05) is 31.2 Å². The smallest absolute Gasteiger partial charge is 0.0961 e. The van der Waals surface area contributed by atoms with Crippen LogP contribution in [0.2, 0.25) is 0 Å². The summed E-state index contributed by atoms with van der Waals surface area (Å²) in [5.41, 5.74) is 6.82. The van der Waals surface area contributed by atoms with Crippen LogP contribution in [-0.4, -0.2) is 42.4 Å². The molecule has 0 spiro atoms. The van der Waals surface area contributed by atoms with E-state index in [1.165, 1.54) is 0 Å². The van der Waals surface area contributed by atoms with Crippen molar-refractivity contribution >= 4 is 0 Å². The average Bonchev–Trinajstić information content (AvgIpc) is 2.18. The van der Waals surface area contributed by atoms with Gasteiger partial charge in [-0.3, -0.25) is 0 Å². The SMILES string of the molecule is NC1C=C(N2CCOCC2)C=C(O)C1. The highest BCUT2D eigenvalue weighted by molar-refractivity contribution is 5.27. The van der Waals surface area contributed by atoms with Gasteiger partial charge in [-0.15, -0.1) is 0 Å². The predicted octanol–water partition coefficient (Wildman–Crippen LogP) is 0.375. The summed E-state index contributed by atoms with van der Waals surface area (Å²) in [6.45, 7) is 3.26. The largest absolute Gasteiger partial charge is 0.512 e. The Morgan fingerprint density at radius 2 is 2.14 bits per heavy atom. The zero-order chi connectivity index (χ0) is 9.97. The third-order valence-electron chi connectivity index (χ3n) is 2.52. The Balaban J connectivity index is 2.08. The quantitative estimate of drug-likeness (QED) is 0.636. The van der Waals surface area contributed by atoms with E-state index in [2.05, 4.69) is 4.90 Å². The van der Waals surface area contributed by atoms with E-state index in [0.29, 0.717) is 12.2 Å². The number of aliphatic hydroxyl groups is 1. The lowest BCUT2D eigenvalue weighted by atomic mass is 10.1. The minimum Gasteiger partial charge on any atom is -0.512 e. The molecule has 1 aliphatic carbocycles. The van der Waals surface area contributed by atoms with Gasteiger partial charge >= 0.3 is 0 Å². The van der Waals surface area contributed by atoms with Gasteiger partial charge in [-0.2, -0.15) is 0 Å². The molecule has 0 amide bonds. The van der Waals surface area contributed by atoms with Crippen LogP contribution in [0.4, 0.5) is 0 Å². The van der Waals surface area contributed by atoms with E-state index in [1.807, 2.05) is 6.08 Å². The van der Waals surface area contributed by atoms with E-state index in [-0.39, 0.29) is 6.04 Å². The lowest BCUT2D eigenvalue weighted by molar-refractivity contribution is 0.0547. The summed E-state index contributed by atoms with van der Waals surface area (Å²) < 4.78 is 5.26. The van der Waals surface area contributed by atoms with Gasteiger partial charge < -0.3 is 20.5 Å². The average molecular weight is 196 g/mol. The summed E-state index contributed by atoms with van der Waals surface area (Å²) in [7, 11) is 0. The molecule has 1 atom stereocenters. The van der Waals surface area contributed by atoms with Crippen LogP contribution < -0.4 is 5.73 Å². The van der Waals surface area contributed by atoms with Crippen LogP contribution in [0, 0.1) is 0 Å². The van der Waals surface area contributed by atoms with E-state index in [0.717, 1.165) is 32.0 Å². The summed E-state index contributed by atoms with van der Waals surface area (Å²) in [4.78, 5) is 2.19. The minimum atomic E-state index is -0.0576. The second-order valence-corrected chi connectivity index (χ2v) is 3.69. The fraction of sp³-hybridized carbons (Fsp3) is 0.600. The Hall–Kier alpha value is -1.00. The number of hydrogen-bond acceptors (Lipinski definition) is 4. The molecular weight excluding hydrogens is 180 g/mol. The number of nitrogens with zero attached hydrogens (tertiary/aromatic N) is 1. The van der Waals surface area contributed by atoms with E-state index in [9.17, 15) is 5.11 Å². The number of nitrogens with two attached hydrogens (primary N) is 1. The molecule has 2 rings (SSSR count). The molecule has 0 aromatic carbocycles. The molecule has 1 unspecified atom stereocenters. The van der Waals surface area contributed by atoms with Crippen molar-refractivity contribution in [3.8, 4) is 0 Å². The van der Waals surface area contributed by atoms with Gasteiger partial charge in [-0.25, -0.2) is 0 Å². The standard InChI is InChI=1S/C10H16N2O2/c11-8-5-9(7-10(13)6-8)12-1-3-14-4-2-12/h5,7-8,13H,1-4,6,11H2. The van der Waals surface area contributed by atoms with Crippen molar-refractivity contribution < 1.29 is 9.84 Å². The molecule has 0 aromatic heterocycles. The second-order valence-electron chi connectivity index (χ2n) is 3.69. The highest BCUT2D eigenvalue weighted by Gasteiger charge is 2.17. The van der Waals surface area contributed by atoms with Gasteiger partial charge in [0.25, 0.3) is 0 Å². The first kappa shape index (κ1) is 9.55. The maximum atomic E-state index is 9.46. The fourth-order valence-electron chi connectivity index (χ4n) is 1.82. The van der Waals surface area contributed by atoms with Crippen LogP contribution in [0.1, 0.15) is 6.42 Å². The molecule has 2 aliphatic rings. The Morgan fingerprint density at radius 1 is 1.43 bits per heavy atom. The first-order chi connectivity index (χ1) is 6.75. The van der Waals surface area contributed by atoms with Crippen LogP contribution in [0.5, 0.6) is 0 Å². The topological polar surface area (TPSA) is 58.7 Å². The minimum absolute atomic E-state index is 0.0576. The van der Waals surface area contributed by atoms with Crippen molar-refractivity contribution in [2.24, 2.45) is 5.73 Å². The number of rotatable bonds is 1. The van der Waals surface area contributed by atoms with Crippen LogP contribution >= 0.6 is 0 Å². The third-order valence-corrected chi connectivity index (χ3v) is 2.52. The summed E-state index contributed by atoms with van der Waals surface area (Å²) in [5, 5.41) is 9.46. The molecule has 3 N–H and O–H groups in total. The molecule has 0 aromatic rings. The first-order valence-electron chi connectivity index (χ1n) is 4.95. The van der Waals surface area contributed by atoms with Crippen LogP contribution in [-0.2, 0) is 4.74 Å². The number of allylic oxidation sites excluding steroid dienone is 1. The molecular formula is C10H16N2O2. The van der Waals surface area contributed by atoms with E-state index in [4.69, 9.17) is 10.5 Å². The lowest BCUT2D eigenvalue weighted by Gasteiger charge is -2.31. The highest BCUT2D eigenvalue weighted by atomic mass is 16.5. The van der Waals surface area contributed by atoms with Crippen molar-refractivity contribution in [1.82, 2.24) is 4.90 Å². The number of ether oxygens (including phenoxy) is 1. The molecule has 1 aliphatic heterocycles. The maximum Gasteiger partial charge on any atom is 0.0961 e. The molecule has 0 radical (unpaired) electrons. The molecule has 0 bridgehead atoms. The molecule has 0 saturated carbocycles. The van der Waals surface area contributed by atoms with Crippen molar-refractivity contribution in [1.29, 1.82) is 0 Å². The Morgan fingerprint density at radius 3 is 2.79 bits per heavy atom. The van der Waals surface area contributed by atoms with Gasteiger partial charge in [0.05, 0.1) is 19.0 Å². The molecule has 1 saturated heterocycles. The molecule has 1 heterocycles. The molecule has 14 heavy (non-hydrogen) atoms. The molecule has 78 valence electrons. The van der Waals surface area contributed by atoms with Gasteiger partial charge in [0.15, 0.2) is 0 Å². The third kappa shape index (κ3) is 2.08. The van der Waals surface area contributed by atoms with Crippen LogP contribution in [0.15, 0.2) is 23.6 Å². The zero-order valence-electron chi connectivity index (χ0n) is 8.15. The monoisotopic (exact) mass is 196 g/mol. The van der Waals surface area contributed by atoms with Gasteiger partial charge in [-0.05, 0) is 12.2 Å². The fourth-order valence-corrected chi connectivity index (χ4v) is 1.82. The Bertz CT molecular complexity index is 267. The van der Waals surface area contributed by atoms with E-state index in [1.54, 1.807) is 6.08 Å². The molecule has 4 heteroatoms. The first-order valence-corrected chi connectivity index (χ1v) is 4.95. The van der Waals surface area contributed by atoms with Crippen molar-refractivity contribution in [3.63, 3.8) is 0 Å². The molecule has 4 nitrogen and oxygen atoms in total. The van der Waals surface area contributed by atoms with Gasteiger partial charge in [0.2, 0.25) is 0 Å². The Labute approximate surface area is 83.6 Å². The summed E-state index contributed by atoms with van der Waals surface area (Å²) in [5.74, 6) is 0.376. The summed E-state index contributed by atoms with van der Waals surface area (Å²) in [6.07, 6.45) is 4.35. The van der Waals surface area contributed by atoms with Crippen LogP contribution in [0.3, 0.4) is 0 Å². The Kier molecular flexibility index (Phi) is 2.74. The zero-order valence-corrected chi connectivity index (χ0v) is 8.15. The van der Waals surface area contributed by atoms with Crippen LogP contribution in [0.25, 0.3) is 0 Å². The molecule has 1 fully saturated rings. The van der Waals surface area contributed by atoms with E-state index < -0.39 is 0 Å². The lowest BCUT2D eigenvalue weighted by Crippen LogP contribution is -2.37. The maximum absolute atomic E-state index is 9.46. The second kappa shape index (κ2) is 4.02. The number of aliphatic hydroxyl groups excluding tert-OH is 1. The highest BCUT2D eigenvalue weighted by Crippen LogP contribution is 2.18. The normalized spacial score (nSPS) is 28.4. The summed E-state index contributed by atoms with van der Waals surface area (Å²) in [6, 6.07) is -0.0576. The van der Waals surface area contributed by atoms with Crippen molar-refractivity contribution in [2.75, 3.05) is 26.3 Å². The predicted molar refractivity (Wildman–Crippen MR) is 53.8 cm³/mol. The number of hydrogen-bond donors (Lipinski definition) is 2. The van der Waals surface area contributed by atoms with Gasteiger partial charge in [-0.1, -0.05) is 0 Å². The van der Waals surface area contributed by atoms with Crippen molar-refractivity contribution in [2.45, 2.75) is 12.5 Å².